The van der Waals surface area contributed by atoms with Crippen LogP contribution in [0.25, 0.3) is 16.6 Å². The summed E-state index contributed by atoms with van der Waals surface area (Å²) in [6.45, 7) is 8.40. The number of nitrogens with zero attached hydrogens (tertiary/aromatic N) is 1. The number of phenols is 1. The van der Waals surface area contributed by atoms with Gasteiger partial charge in [-0.2, -0.15) is 0 Å². The van der Waals surface area contributed by atoms with Crippen molar-refractivity contribution in [2.75, 3.05) is 6.61 Å². The second-order valence-corrected chi connectivity index (χ2v) is 9.75. The van der Waals surface area contributed by atoms with E-state index in [2.05, 4.69) is 18.4 Å². The third-order valence-corrected chi connectivity index (χ3v) is 6.88. The molecule has 174 valence electrons. The van der Waals surface area contributed by atoms with Crippen molar-refractivity contribution in [3.8, 4) is 11.4 Å². The summed E-state index contributed by atoms with van der Waals surface area (Å²) in [5.74, 6) is -1.18. The molecule has 6 heteroatoms. The number of hydrogen-bond acceptors (Lipinski definition) is 3. The zero-order valence-corrected chi connectivity index (χ0v) is 19.5. The standard InChI is InChI=1S/C28H26FNO4/c1-16-14-17(26(32)33)8-13-20(16)28(4)24-23-21(6-5-7-22(23)31)30(19-11-9-18(29)10-12-19)25(24)27(2,3)15-34-28/h5-14,31H,15H2,1-4H3,(H,32,33). The van der Waals surface area contributed by atoms with Gasteiger partial charge in [-0.05, 0) is 73.5 Å². The van der Waals surface area contributed by atoms with E-state index in [1.165, 1.54) is 12.1 Å². The Labute approximate surface area is 197 Å². The third kappa shape index (κ3) is 3.13. The number of phenolic OH excluding ortho intramolecular Hbond substituents is 1. The number of carboxylic acid groups (broad SMARTS) is 1. The molecule has 0 radical (unpaired) electrons. The number of aromatic carboxylic acids is 1. The molecule has 5 rings (SSSR count). The SMILES string of the molecule is Cc1cc(C(=O)O)ccc1C1(C)OCC(C)(C)c2c1c1c(O)cccc1n2-c1ccc(F)cc1. The van der Waals surface area contributed by atoms with Gasteiger partial charge in [0.1, 0.15) is 17.2 Å². The molecule has 5 nitrogen and oxygen atoms in total. The normalized spacial score (nSPS) is 19.2. The molecule has 34 heavy (non-hydrogen) atoms. The molecule has 1 aromatic heterocycles. The highest BCUT2D eigenvalue weighted by Gasteiger charge is 2.47. The van der Waals surface area contributed by atoms with E-state index < -0.39 is 17.0 Å². The van der Waals surface area contributed by atoms with E-state index in [1.807, 2.05) is 19.9 Å². The zero-order chi connectivity index (χ0) is 24.4. The summed E-state index contributed by atoms with van der Waals surface area (Å²) in [7, 11) is 0. The summed E-state index contributed by atoms with van der Waals surface area (Å²) in [4.78, 5) is 11.5. The number of carboxylic acids is 1. The van der Waals surface area contributed by atoms with Crippen molar-refractivity contribution in [3.63, 3.8) is 0 Å². The molecule has 1 aliphatic rings. The van der Waals surface area contributed by atoms with E-state index in [4.69, 9.17) is 4.74 Å². The van der Waals surface area contributed by atoms with Gasteiger partial charge in [-0.3, -0.25) is 0 Å². The number of ether oxygens (including phenoxy) is 1. The van der Waals surface area contributed by atoms with Crippen molar-refractivity contribution < 1.29 is 24.1 Å². The number of benzene rings is 3. The van der Waals surface area contributed by atoms with Crippen LogP contribution < -0.4 is 0 Å². The van der Waals surface area contributed by atoms with E-state index in [1.54, 1.807) is 42.5 Å². The molecular weight excluding hydrogens is 433 g/mol. The summed E-state index contributed by atoms with van der Waals surface area (Å²) >= 11 is 0. The van der Waals surface area contributed by atoms with Gasteiger partial charge in [-0.25, -0.2) is 9.18 Å². The van der Waals surface area contributed by atoms with Crippen LogP contribution in [-0.4, -0.2) is 27.4 Å². The Kier molecular flexibility index (Phi) is 4.85. The maximum absolute atomic E-state index is 13.8. The highest BCUT2D eigenvalue weighted by Crippen LogP contribution is 2.52. The molecule has 0 fully saturated rings. The summed E-state index contributed by atoms with van der Waals surface area (Å²) in [6, 6.07) is 16.7. The van der Waals surface area contributed by atoms with Gasteiger partial charge in [0.05, 0.1) is 17.7 Å². The summed E-state index contributed by atoms with van der Waals surface area (Å²) in [6.07, 6.45) is 0. The lowest BCUT2D eigenvalue weighted by Gasteiger charge is -2.43. The molecule has 2 heterocycles. The molecule has 0 spiro atoms. The molecule has 0 amide bonds. The second-order valence-electron chi connectivity index (χ2n) is 9.75. The van der Waals surface area contributed by atoms with Crippen LogP contribution in [0.3, 0.4) is 0 Å². The number of aryl methyl sites for hydroxylation is 1. The van der Waals surface area contributed by atoms with Crippen molar-refractivity contribution in [1.82, 2.24) is 4.57 Å². The molecule has 1 atom stereocenters. The van der Waals surface area contributed by atoms with Gasteiger partial charge < -0.3 is 19.5 Å². The fourth-order valence-electron chi connectivity index (χ4n) is 5.29. The first-order chi connectivity index (χ1) is 16.0. The highest BCUT2D eigenvalue weighted by molar-refractivity contribution is 5.94. The number of hydrogen-bond donors (Lipinski definition) is 2. The summed E-state index contributed by atoms with van der Waals surface area (Å²) < 4.78 is 22.4. The minimum Gasteiger partial charge on any atom is -0.507 e. The molecule has 4 aromatic rings. The molecule has 2 N–H and O–H groups in total. The number of rotatable bonds is 3. The van der Waals surface area contributed by atoms with E-state index >= 15 is 0 Å². The molecule has 1 unspecified atom stereocenters. The lowest BCUT2D eigenvalue weighted by molar-refractivity contribution is -0.0440. The van der Waals surface area contributed by atoms with Crippen molar-refractivity contribution in [2.24, 2.45) is 0 Å². The van der Waals surface area contributed by atoms with Gasteiger partial charge in [-0.15, -0.1) is 0 Å². The molecular formula is C28H26FNO4. The number of halogens is 1. The first-order valence-corrected chi connectivity index (χ1v) is 11.2. The van der Waals surface area contributed by atoms with Crippen LogP contribution in [0.2, 0.25) is 0 Å². The first-order valence-electron chi connectivity index (χ1n) is 11.2. The van der Waals surface area contributed by atoms with Crippen LogP contribution in [0.4, 0.5) is 4.39 Å². The molecule has 0 saturated heterocycles. The molecule has 0 aliphatic carbocycles. The van der Waals surface area contributed by atoms with Crippen LogP contribution >= 0.6 is 0 Å². The summed E-state index contributed by atoms with van der Waals surface area (Å²) in [5.41, 5.74) is 3.81. The predicted octanol–water partition coefficient (Wildman–Crippen LogP) is 6.05. The number of fused-ring (bicyclic) bond motifs is 3. The van der Waals surface area contributed by atoms with Gasteiger partial charge in [0.25, 0.3) is 0 Å². The maximum Gasteiger partial charge on any atom is 0.335 e. The Morgan fingerprint density at radius 3 is 2.41 bits per heavy atom. The Morgan fingerprint density at radius 2 is 1.76 bits per heavy atom. The highest BCUT2D eigenvalue weighted by atomic mass is 19.1. The van der Waals surface area contributed by atoms with Gasteiger partial charge in [0, 0.05) is 27.7 Å². The quantitative estimate of drug-likeness (QED) is 0.391. The van der Waals surface area contributed by atoms with Gasteiger partial charge in [0.2, 0.25) is 0 Å². The monoisotopic (exact) mass is 459 g/mol. The predicted molar refractivity (Wildman–Crippen MR) is 128 cm³/mol. The average Bonchev–Trinajstić information content (AvgIpc) is 3.16. The molecule has 0 saturated carbocycles. The Hall–Kier alpha value is -3.64. The number of aromatic hydroxyl groups is 1. The van der Waals surface area contributed by atoms with Crippen molar-refractivity contribution in [3.05, 3.63) is 94.4 Å². The van der Waals surface area contributed by atoms with Gasteiger partial charge in [0.15, 0.2) is 0 Å². The van der Waals surface area contributed by atoms with Crippen LogP contribution in [0.5, 0.6) is 5.75 Å². The van der Waals surface area contributed by atoms with E-state index in [9.17, 15) is 19.4 Å². The topological polar surface area (TPSA) is 71.7 Å². The van der Waals surface area contributed by atoms with Crippen molar-refractivity contribution >= 4 is 16.9 Å². The molecule has 1 aliphatic heterocycles. The van der Waals surface area contributed by atoms with Gasteiger partial charge in [-0.1, -0.05) is 26.0 Å². The van der Waals surface area contributed by atoms with E-state index in [0.717, 1.165) is 33.6 Å². The van der Waals surface area contributed by atoms with Gasteiger partial charge >= 0.3 is 5.97 Å². The van der Waals surface area contributed by atoms with E-state index in [0.29, 0.717) is 12.0 Å². The van der Waals surface area contributed by atoms with E-state index in [-0.39, 0.29) is 17.1 Å². The fourth-order valence-corrected chi connectivity index (χ4v) is 5.29. The smallest absolute Gasteiger partial charge is 0.335 e. The minimum absolute atomic E-state index is 0.127. The number of carbonyl (C=O) groups is 1. The Morgan fingerprint density at radius 1 is 1.06 bits per heavy atom. The van der Waals surface area contributed by atoms with Crippen LogP contribution in [0.15, 0.2) is 60.7 Å². The lowest BCUT2D eigenvalue weighted by atomic mass is 9.74. The van der Waals surface area contributed by atoms with Crippen LogP contribution in [0, 0.1) is 12.7 Å². The average molecular weight is 460 g/mol. The molecule has 3 aromatic carbocycles. The van der Waals surface area contributed by atoms with Crippen LogP contribution in [-0.2, 0) is 15.8 Å². The Balaban J connectivity index is 1.90. The molecule has 0 bridgehead atoms. The van der Waals surface area contributed by atoms with Crippen LogP contribution in [0.1, 0.15) is 53.5 Å². The zero-order valence-electron chi connectivity index (χ0n) is 19.5. The second kappa shape index (κ2) is 7.43. The first kappa shape index (κ1) is 22.2. The fraction of sp³-hybridized carbons (Fsp3) is 0.250. The third-order valence-electron chi connectivity index (χ3n) is 6.88. The number of aromatic nitrogens is 1. The summed E-state index contributed by atoms with van der Waals surface area (Å²) in [5, 5.41) is 21.2. The lowest BCUT2D eigenvalue weighted by Crippen LogP contribution is -2.43. The van der Waals surface area contributed by atoms with Crippen molar-refractivity contribution in [2.45, 2.75) is 38.7 Å². The minimum atomic E-state index is -0.989. The van der Waals surface area contributed by atoms with Crippen molar-refractivity contribution in [1.29, 1.82) is 0 Å². The largest absolute Gasteiger partial charge is 0.507 e. The Bertz CT molecular complexity index is 1450. The maximum atomic E-state index is 13.8.